The van der Waals surface area contributed by atoms with Crippen LogP contribution in [0.5, 0.6) is 5.75 Å². The molecular formula is C9H6ClFOS. The van der Waals surface area contributed by atoms with Gasteiger partial charge >= 0.3 is 0 Å². The summed E-state index contributed by atoms with van der Waals surface area (Å²) in [5, 5.41) is 1.05. The number of fused-ring (bicyclic) bond motifs is 1. The van der Waals surface area contributed by atoms with Gasteiger partial charge in [-0.2, -0.15) is 4.39 Å². The van der Waals surface area contributed by atoms with Crippen LogP contribution in [0.25, 0.3) is 10.1 Å². The highest BCUT2D eigenvalue weighted by Crippen LogP contribution is 2.36. The average molecular weight is 217 g/mol. The van der Waals surface area contributed by atoms with Crippen LogP contribution in [0.15, 0.2) is 18.2 Å². The van der Waals surface area contributed by atoms with Crippen molar-refractivity contribution in [1.82, 2.24) is 0 Å². The fourth-order valence-electron chi connectivity index (χ4n) is 1.21. The Balaban J connectivity index is 2.83. The fraction of sp³-hybridized carbons (Fsp3) is 0.111. The van der Waals surface area contributed by atoms with E-state index >= 15 is 0 Å². The van der Waals surface area contributed by atoms with Gasteiger partial charge in [-0.1, -0.05) is 11.6 Å². The number of ether oxygens (including phenoxy) is 1. The lowest BCUT2D eigenvalue weighted by molar-refractivity contribution is 0.420. The minimum atomic E-state index is -0.249. The van der Waals surface area contributed by atoms with Crippen molar-refractivity contribution in [3.8, 4) is 5.75 Å². The molecule has 0 bridgehead atoms. The van der Waals surface area contributed by atoms with Crippen molar-refractivity contribution in [3.05, 3.63) is 28.4 Å². The second kappa shape index (κ2) is 3.16. The number of halogens is 2. The number of methoxy groups -OCH3 is 1. The topological polar surface area (TPSA) is 9.23 Å². The molecule has 0 atom stereocenters. The monoisotopic (exact) mass is 216 g/mol. The van der Waals surface area contributed by atoms with Gasteiger partial charge < -0.3 is 4.74 Å². The van der Waals surface area contributed by atoms with Crippen LogP contribution in [-0.2, 0) is 0 Å². The standard InChI is InChI=1S/C9H6ClFOS/c1-12-7-3-2-6(10)9-5(7)4-8(11)13-9/h2-4H,1H3. The molecule has 0 fully saturated rings. The maximum Gasteiger partial charge on any atom is 0.177 e. The first-order valence-electron chi connectivity index (χ1n) is 3.64. The molecule has 1 heterocycles. The van der Waals surface area contributed by atoms with E-state index in [0.717, 1.165) is 21.4 Å². The number of hydrogen-bond donors (Lipinski definition) is 0. The fourth-order valence-corrected chi connectivity index (χ4v) is 2.30. The van der Waals surface area contributed by atoms with E-state index in [-0.39, 0.29) is 5.13 Å². The van der Waals surface area contributed by atoms with Crippen LogP contribution < -0.4 is 4.74 Å². The molecule has 0 N–H and O–H groups in total. The Labute approximate surface area is 83.7 Å². The van der Waals surface area contributed by atoms with E-state index in [2.05, 4.69) is 0 Å². The summed E-state index contributed by atoms with van der Waals surface area (Å²) >= 11 is 6.92. The van der Waals surface area contributed by atoms with Crippen molar-refractivity contribution in [2.45, 2.75) is 0 Å². The maximum atomic E-state index is 12.9. The van der Waals surface area contributed by atoms with Crippen molar-refractivity contribution < 1.29 is 9.13 Å². The average Bonchev–Trinajstić information content (AvgIpc) is 2.48. The van der Waals surface area contributed by atoms with Crippen LogP contribution in [0.4, 0.5) is 4.39 Å². The Kier molecular flexibility index (Phi) is 2.14. The van der Waals surface area contributed by atoms with Crippen LogP contribution in [0.2, 0.25) is 5.02 Å². The molecule has 1 aromatic heterocycles. The third kappa shape index (κ3) is 1.38. The molecule has 4 heteroatoms. The van der Waals surface area contributed by atoms with Crippen LogP contribution in [0, 0.1) is 5.13 Å². The van der Waals surface area contributed by atoms with Gasteiger partial charge in [0.05, 0.1) is 16.8 Å². The number of benzene rings is 1. The highest BCUT2D eigenvalue weighted by molar-refractivity contribution is 7.18. The van der Waals surface area contributed by atoms with Gasteiger partial charge in [-0.05, 0) is 18.2 Å². The predicted octanol–water partition coefficient (Wildman–Crippen LogP) is 3.70. The first-order valence-corrected chi connectivity index (χ1v) is 4.83. The summed E-state index contributed by atoms with van der Waals surface area (Å²) in [4.78, 5) is 0. The quantitative estimate of drug-likeness (QED) is 0.706. The lowest BCUT2D eigenvalue weighted by Crippen LogP contribution is -1.82. The third-order valence-electron chi connectivity index (χ3n) is 1.79. The molecular weight excluding hydrogens is 211 g/mol. The molecule has 2 rings (SSSR count). The SMILES string of the molecule is COc1ccc(Cl)c2sc(F)cc12. The predicted molar refractivity (Wildman–Crippen MR) is 53.3 cm³/mol. The third-order valence-corrected chi connectivity index (χ3v) is 3.17. The van der Waals surface area contributed by atoms with Gasteiger partial charge in [-0.3, -0.25) is 0 Å². The molecule has 0 saturated heterocycles. The zero-order valence-electron chi connectivity index (χ0n) is 6.80. The van der Waals surface area contributed by atoms with E-state index < -0.39 is 0 Å². The summed E-state index contributed by atoms with van der Waals surface area (Å²) in [6, 6.07) is 4.88. The molecule has 13 heavy (non-hydrogen) atoms. The molecule has 1 nitrogen and oxygen atoms in total. The normalized spacial score (nSPS) is 10.7. The first kappa shape index (κ1) is 8.78. The Hall–Kier alpha value is -0.800. The molecule has 0 spiro atoms. The van der Waals surface area contributed by atoms with E-state index in [1.165, 1.54) is 6.07 Å². The highest BCUT2D eigenvalue weighted by atomic mass is 35.5. The Morgan fingerprint density at radius 1 is 1.46 bits per heavy atom. The smallest absolute Gasteiger partial charge is 0.177 e. The zero-order valence-corrected chi connectivity index (χ0v) is 8.38. The van der Waals surface area contributed by atoms with Crippen molar-refractivity contribution >= 4 is 33.0 Å². The lowest BCUT2D eigenvalue weighted by atomic mass is 10.2. The number of rotatable bonds is 1. The molecule has 0 aliphatic heterocycles. The Bertz CT molecular complexity index is 452. The van der Waals surface area contributed by atoms with Gasteiger partial charge in [0.25, 0.3) is 0 Å². The molecule has 1 aromatic carbocycles. The largest absolute Gasteiger partial charge is 0.496 e. The number of thiophene rings is 1. The molecule has 68 valence electrons. The van der Waals surface area contributed by atoms with Crippen molar-refractivity contribution in [2.24, 2.45) is 0 Å². The van der Waals surface area contributed by atoms with E-state index in [1.807, 2.05) is 0 Å². The summed E-state index contributed by atoms with van der Waals surface area (Å²) in [7, 11) is 1.55. The minimum absolute atomic E-state index is 0.249. The Morgan fingerprint density at radius 2 is 2.23 bits per heavy atom. The first-order chi connectivity index (χ1) is 6.22. The second-order valence-corrected chi connectivity index (χ2v) is 3.95. The second-order valence-electron chi connectivity index (χ2n) is 2.54. The van der Waals surface area contributed by atoms with E-state index in [4.69, 9.17) is 16.3 Å². The highest BCUT2D eigenvalue weighted by Gasteiger charge is 2.09. The lowest BCUT2D eigenvalue weighted by Gasteiger charge is -2.01. The minimum Gasteiger partial charge on any atom is -0.496 e. The maximum absolute atomic E-state index is 12.9. The van der Waals surface area contributed by atoms with Crippen LogP contribution in [-0.4, -0.2) is 7.11 Å². The van der Waals surface area contributed by atoms with Gasteiger partial charge in [0.15, 0.2) is 5.13 Å². The molecule has 0 aliphatic rings. The van der Waals surface area contributed by atoms with Gasteiger partial charge in [-0.25, -0.2) is 0 Å². The summed E-state index contributed by atoms with van der Waals surface area (Å²) in [6.07, 6.45) is 0. The Morgan fingerprint density at radius 3 is 2.92 bits per heavy atom. The summed E-state index contributed by atoms with van der Waals surface area (Å²) in [5.41, 5.74) is 0. The molecule has 0 unspecified atom stereocenters. The summed E-state index contributed by atoms with van der Waals surface area (Å²) in [5.74, 6) is 0.652. The van der Waals surface area contributed by atoms with Gasteiger partial charge in [0, 0.05) is 5.39 Å². The van der Waals surface area contributed by atoms with E-state index in [0.29, 0.717) is 10.8 Å². The van der Waals surface area contributed by atoms with Crippen molar-refractivity contribution in [3.63, 3.8) is 0 Å². The zero-order chi connectivity index (χ0) is 9.42. The van der Waals surface area contributed by atoms with Crippen molar-refractivity contribution in [1.29, 1.82) is 0 Å². The van der Waals surface area contributed by atoms with Gasteiger partial charge in [-0.15, -0.1) is 11.3 Å². The molecule has 0 amide bonds. The molecule has 2 aromatic rings. The van der Waals surface area contributed by atoms with Crippen LogP contribution >= 0.6 is 22.9 Å². The molecule has 0 radical (unpaired) electrons. The molecule has 0 saturated carbocycles. The summed E-state index contributed by atoms with van der Waals surface area (Å²) < 4.78 is 18.7. The summed E-state index contributed by atoms with van der Waals surface area (Å²) in [6.45, 7) is 0. The molecule has 0 aliphatic carbocycles. The van der Waals surface area contributed by atoms with Crippen molar-refractivity contribution in [2.75, 3.05) is 7.11 Å². The van der Waals surface area contributed by atoms with Crippen LogP contribution in [0.3, 0.4) is 0 Å². The van der Waals surface area contributed by atoms with Gasteiger partial charge in [0.2, 0.25) is 0 Å². The van der Waals surface area contributed by atoms with Gasteiger partial charge in [0.1, 0.15) is 5.75 Å². The van der Waals surface area contributed by atoms with E-state index in [1.54, 1.807) is 19.2 Å². The number of hydrogen-bond acceptors (Lipinski definition) is 2. The van der Waals surface area contributed by atoms with E-state index in [9.17, 15) is 4.39 Å². The van der Waals surface area contributed by atoms with Crippen LogP contribution in [0.1, 0.15) is 0 Å².